The molecule has 23 heavy (non-hydrogen) atoms. The third kappa shape index (κ3) is 3.83. The Balaban J connectivity index is 1.93. The Morgan fingerprint density at radius 3 is 1.57 bits per heavy atom. The van der Waals surface area contributed by atoms with Crippen LogP contribution in [0.25, 0.3) is 6.08 Å². The molecular formula is C22H18O. The number of rotatable bonds is 5. The summed E-state index contributed by atoms with van der Waals surface area (Å²) in [5.41, 5.74) is 3.06. The molecule has 0 N–H and O–H groups in total. The molecule has 0 aliphatic rings. The van der Waals surface area contributed by atoms with E-state index in [0.717, 1.165) is 16.7 Å². The molecule has 0 atom stereocenters. The molecule has 0 aliphatic heterocycles. The molecule has 0 heterocycles. The molecule has 0 fully saturated rings. The molecule has 0 bridgehead atoms. The zero-order valence-electron chi connectivity index (χ0n) is 12.8. The summed E-state index contributed by atoms with van der Waals surface area (Å²) in [6.07, 6.45) is 3.56. The van der Waals surface area contributed by atoms with Crippen LogP contribution >= 0.6 is 0 Å². The van der Waals surface area contributed by atoms with Crippen LogP contribution in [0.1, 0.15) is 22.6 Å². The molecule has 1 nitrogen and oxygen atoms in total. The maximum absolute atomic E-state index is 12.8. The fourth-order valence-electron chi connectivity index (χ4n) is 2.65. The minimum absolute atomic E-state index is 0.0891. The Kier molecular flexibility index (Phi) is 4.80. The first-order valence-corrected chi connectivity index (χ1v) is 7.71. The summed E-state index contributed by atoms with van der Waals surface area (Å²) in [5, 5.41) is 0. The van der Waals surface area contributed by atoms with Gasteiger partial charge in [-0.2, -0.15) is 0 Å². The van der Waals surface area contributed by atoms with Gasteiger partial charge in [0, 0.05) is 0 Å². The van der Waals surface area contributed by atoms with Gasteiger partial charge >= 0.3 is 0 Å². The van der Waals surface area contributed by atoms with Gasteiger partial charge in [0.1, 0.15) is 0 Å². The van der Waals surface area contributed by atoms with Crippen LogP contribution in [0.4, 0.5) is 0 Å². The van der Waals surface area contributed by atoms with Crippen molar-refractivity contribution in [1.82, 2.24) is 0 Å². The molecule has 112 valence electrons. The number of benzene rings is 3. The van der Waals surface area contributed by atoms with Gasteiger partial charge < -0.3 is 0 Å². The van der Waals surface area contributed by atoms with Crippen LogP contribution in [0.15, 0.2) is 97.1 Å². The lowest BCUT2D eigenvalue weighted by atomic mass is 9.87. The normalized spacial score (nSPS) is 11.0. The predicted octanol–water partition coefficient (Wildman–Crippen LogP) is 5.10. The number of carbonyl (C=O) groups excluding carboxylic acids is 1. The Hall–Kier alpha value is -2.93. The molecule has 0 radical (unpaired) electrons. The number of carbonyl (C=O) groups is 1. The van der Waals surface area contributed by atoms with E-state index in [2.05, 4.69) is 0 Å². The van der Waals surface area contributed by atoms with Crippen LogP contribution in [0.3, 0.4) is 0 Å². The lowest BCUT2D eigenvalue weighted by Gasteiger charge is -2.15. The van der Waals surface area contributed by atoms with E-state index in [9.17, 15) is 4.79 Å². The molecule has 0 aromatic heterocycles. The van der Waals surface area contributed by atoms with Crippen LogP contribution in [0.5, 0.6) is 0 Å². The average molecular weight is 298 g/mol. The van der Waals surface area contributed by atoms with E-state index in [0.29, 0.717) is 0 Å². The molecule has 0 unspecified atom stereocenters. The highest BCUT2D eigenvalue weighted by Gasteiger charge is 2.20. The summed E-state index contributed by atoms with van der Waals surface area (Å²) in [4.78, 5) is 12.8. The van der Waals surface area contributed by atoms with Crippen LogP contribution in [0, 0.1) is 0 Å². The number of ketones is 1. The summed E-state index contributed by atoms with van der Waals surface area (Å²) < 4.78 is 0. The lowest BCUT2D eigenvalue weighted by molar-refractivity contribution is -0.115. The summed E-state index contributed by atoms with van der Waals surface area (Å²) in [7, 11) is 0. The molecule has 0 saturated heterocycles. The van der Waals surface area contributed by atoms with Crippen LogP contribution < -0.4 is 0 Å². The van der Waals surface area contributed by atoms with Crippen molar-refractivity contribution >= 4 is 11.9 Å². The zero-order chi connectivity index (χ0) is 15.9. The molecule has 0 aliphatic carbocycles. The van der Waals surface area contributed by atoms with Crippen molar-refractivity contribution in [3.8, 4) is 0 Å². The minimum atomic E-state index is -0.266. The smallest absolute Gasteiger partial charge is 0.167 e. The molecule has 0 saturated carbocycles. The number of hydrogen-bond acceptors (Lipinski definition) is 1. The Labute approximate surface area is 136 Å². The maximum atomic E-state index is 12.8. The third-order valence-electron chi connectivity index (χ3n) is 3.79. The quantitative estimate of drug-likeness (QED) is 0.599. The second-order valence-electron chi connectivity index (χ2n) is 5.40. The largest absolute Gasteiger partial charge is 0.294 e. The van der Waals surface area contributed by atoms with E-state index >= 15 is 0 Å². The molecule has 0 spiro atoms. The Morgan fingerprint density at radius 2 is 1.09 bits per heavy atom. The van der Waals surface area contributed by atoms with Gasteiger partial charge in [-0.05, 0) is 22.8 Å². The third-order valence-corrected chi connectivity index (χ3v) is 3.79. The SMILES string of the molecule is O=C(/C=C/c1ccccc1)C(c1ccccc1)c1ccccc1. The van der Waals surface area contributed by atoms with Crippen molar-refractivity contribution < 1.29 is 4.79 Å². The van der Waals surface area contributed by atoms with Gasteiger partial charge in [-0.1, -0.05) is 97.1 Å². The van der Waals surface area contributed by atoms with Gasteiger partial charge in [-0.15, -0.1) is 0 Å². The molecule has 3 rings (SSSR count). The van der Waals surface area contributed by atoms with Gasteiger partial charge in [-0.3, -0.25) is 4.79 Å². The highest BCUT2D eigenvalue weighted by Crippen LogP contribution is 2.26. The predicted molar refractivity (Wildman–Crippen MR) is 95.2 cm³/mol. The van der Waals surface area contributed by atoms with E-state index in [1.165, 1.54) is 0 Å². The monoisotopic (exact) mass is 298 g/mol. The van der Waals surface area contributed by atoms with Crippen molar-refractivity contribution in [2.24, 2.45) is 0 Å². The van der Waals surface area contributed by atoms with E-state index in [4.69, 9.17) is 0 Å². The van der Waals surface area contributed by atoms with Gasteiger partial charge in [0.25, 0.3) is 0 Å². The summed E-state index contributed by atoms with van der Waals surface area (Å²) in [6.45, 7) is 0. The maximum Gasteiger partial charge on any atom is 0.167 e. The zero-order valence-corrected chi connectivity index (χ0v) is 12.8. The van der Waals surface area contributed by atoms with Crippen LogP contribution in [-0.4, -0.2) is 5.78 Å². The first kappa shape index (κ1) is 15.0. The second-order valence-corrected chi connectivity index (χ2v) is 5.40. The van der Waals surface area contributed by atoms with Crippen LogP contribution in [-0.2, 0) is 4.79 Å². The van der Waals surface area contributed by atoms with E-state index in [1.807, 2.05) is 97.1 Å². The molecular weight excluding hydrogens is 280 g/mol. The molecule has 3 aromatic carbocycles. The van der Waals surface area contributed by atoms with E-state index < -0.39 is 0 Å². The lowest BCUT2D eigenvalue weighted by Crippen LogP contribution is -2.11. The molecule has 1 heteroatoms. The highest BCUT2D eigenvalue weighted by molar-refractivity contribution is 6.00. The van der Waals surface area contributed by atoms with Crippen LogP contribution in [0.2, 0.25) is 0 Å². The molecule has 3 aromatic rings. The summed E-state index contributed by atoms with van der Waals surface area (Å²) in [6, 6.07) is 29.7. The second kappa shape index (κ2) is 7.37. The Morgan fingerprint density at radius 1 is 0.652 bits per heavy atom. The van der Waals surface area contributed by atoms with Gasteiger partial charge in [0.2, 0.25) is 0 Å². The molecule has 0 amide bonds. The van der Waals surface area contributed by atoms with Crippen molar-refractivity contribution in [2.75, 3.05) is 0 Å². The summed E-state index contributed by atoms with van der Waals surface area (Å²) in [5.74, 6) is -0.177. The summed E-state index contributed by atoms with van der Waals surface area (Å²) >= 11 is 0. The average Bonchev–Trinajstić information content (AvgIpc) is 2.63. The highest BCUT2D eigenvalue weighted by atomic mass is 16.1. The van der Waals surface area contributed by atoms with Crippen molar-refractivity contribution in [2.45, 2.75) is 5.92 Å². The number of hydrogen-bond donors (Lipinski definition) is 0. The van der Waals surface area contributed by atoms with Gasteiger partial charge in [0.15, 0.2) is 5.78 Å². The van der Waals surface area contributed by atoms with Gasteiger partial charge in [0.05, 0.1) is 5.92 Å². The van der Waals surface area contributed by atoms with Crippen molar-refractivity contribution in [1.29, 1.82) is 0 Å². The first-order chi connectivity index (χ1) is 11.3. The first-order valence-electron chi connectivity index (χ1n) is 7.71. The minimum Gasteiger partial charge on any atom is -0.294 e. The Bertz CT molecular complexity index is 734. The van der Waals surface area contributed by atoms with Crippen molar-refractivity contribution in [3.05, 3.63) is 114 Å². The van der Waals surface area contributed by atoms with Crippen molar-refractivity contribution in [3.63, 3.8) is 0 Å². The fraction of sp³-hybridized carbons (Fsp3) is 0.0455. The fourth-order valence-corrected chi connectivity index (χ4v) is 2.65. The van der Waals surface area contributed by atoms with Gasteiger partial charge in [-0.25, -0.2) is 0 Å². The van der Waals surface area contributed by atoms with E-state index in [1.54, 1.807) is 6.08 Å². The standard InChI is InChI=1S/C22H18O/c23-21(17-16-18-10-4-1-5-11-18)22(19-12-6-2-7-13-19)20-14-8-3-9-15-20/h1-17,22H/b17-16+. The van der Waals surface area contributed by atoms with E-state index in [-0.39, 0.29) is 11.7 Å². The number of allylic oxidation sites excluding steroid dienone is 1. The topological polar surface area (TPSA) is 17.1 Å².